The Morgan fingerprint density at radius 1 is 1.07 bits per heavy atom. The number of nitrogens with zero attached hydrogens (tertiary/aromatic N) is 5. The van der Waals surface area contributed by atoms with Crippen molar-refractivity contribution in [1.82, 2.24) is 19.9 Å². The maximum atomic E-state index is 12.7. The highest BCUT2D eigenvalue weighted by Crippen LogP contribution is 2.45. The van der Waals surface area contributed by atoms with Crippen molar-refractivity contribution in [1.29, 1.82) is 0 Å². The van der Waals surface area contributed by atoms with E-state index in [4.69, 9.17) is 9.72 Å². The van der Waals surface area contributed by atoms with Gasteiger partial charge in [-0.05, 0) is 32.6 Å². The molecule has 3 aliphatic rings. The second-order valence-electron chi connectivity index (χ2n) is 8.10. The zero-order valence-corrected chi connectivity index (χ0v) is 16.3. The zero-order valence-electron chi connectivity index (χ0n) is 16.3. The minimum absolute atomic E-state index is 0.0171. The first-order valence-corrected chi connectivity index (χ1v) is 10.1. The Morgan fingerprint density at radius 2 is 1.86 bits per heavy atom. The van der Waals surface area contributed by atoms with Crippen molar-refractivity contribution < 1.29 is 4.74 Å². The molecule has 2 aromatic heterocycles. The lowest BCUT2D eigenvalue weighted by Gasteiger charge is -2.40. The maximum absolute atomic E-state index is 12.7. The molecule has 8 nitrogen and oxygen atoms in total. The highest BCUT2D eigenvalue weighted by atomic mass is 16.5. The summed E-state index contributed by atoms with van der Waals surface area (Å²) in [7, 11) is 0. The van der Waals surface area contributed by atoms with Crippen LogP contribution < -0.4 is 15.4 Å². The number of morpholine rings is 1. The molecule has 0 aromatic carbocycles. The third-order valence-corrected chi connectivity index (χ3v) is 6.50. The standard InChI is InChI=1S/C20H26N6O2/c1-14-12-16(22-13-21-14)25-6-4-20(5-7-25)3-2-15-17(20)23-19(24-18(15)27)26-8-10-28-11-9-26/h12-13H,2-11H2,1H3,(H,23,24,27). The normalized spacial score (nSPS) is 21.2. The van der Waals surface area contributed by atoms with Gasteiger partial charge in [-0.1, -0.05) is 0 Å². The molecule has 1 aliphatic carbocycles. The van der Waals surface area contributed by atoms with E-state index in [1.807, 2.05) is 13.0 Å². The van der Waals surface area contributed by atoms with Crippen LogP contribution in [-0.2, 0) is 16.6 Å². The van der Waals surface area contributed by atoms with Gasteiger partial charge in [0.05, 0.1) is 18.9 Å². The molecular weight excluding hydrogens is 356 g/mol. The third kappa shape index (κ3) is 2.96. The molecule has 2 aromatic rings. The molecule has 2 saturated heterocycles. The molecule has 0 radical (unpaired) electrons. The van der Waals surface area contributed by atoms with Gasteiger partial charge >= 0.3 is 0 Å². The lowest BCUT2D eigenvalue weighted by atomic mass is 9.76. The predicted octanol–water partition coefficient (Wildman–Crippen LogP) is 1.19. The van der Waals surface area contributed by atoms with Gasteiger partial charge in [0, 0.05) is 48.9 Å². The molecule has 148 valence electrons. The number of ether oxygens (including phenoxy) is 1. The average Bonchev–Trinajstić information content (AvgIpc) is 3.08. The van der Waals surface area contributed by atoms with Crippen molar-refractivity contribution in [2.24, 2.45) is 0 Å². The fourth-order valence-corrected chi connectivity index (χ4v) is 4.83. The Labute approximate surface area is 164 Å². The molecule has 8 heteroatoms. The fraction of sp³-hybridized carbons (Fsp3) is 0.600. The lowest BCUT2D eigenvalue weighted by Crippen LogP contribution is -2.43. The highest BCUT2D eigenvalue weighted by Gasteiger charge is 2.44. The van der Waals surface area contributed by atoms with Crippen molar-refractivity contribution in [2.45, 2.75) is 38.0 Å². The summed E-state index contributed by atoms with van der Waals surface area (Å²) < 4.78 is 5.44. The summed E-state index contributed by atoms with van der Waals surface area (Å²) in [4.78, 5) is 33.9. The average molecular weight is 382 g/mol. The predicted molar refractivity (Wildman–Crippen MR) is 106 cm³/mol. The summed E-state index contributed by atoms with van der Waals surface area (Å²) in [5, 5.41) is 0. The van der Waals surface area contributed by atoms with E-state index in [1.165, 1.54) is 0 Å². The second-order valence-corrected chi connectivity index (χ2v) is 8.10. The molecular formula is C20H26N6O2. The quantitative estimate of drug-likeness (QED) is 0.835. The number of piperidine rings is 1. The minimum atomic E-state index is 0.0171. The van der Waals surface area contributed by atoms with E-state index in [-0.39, 0.29) is 11.0 Å². The number of aromatic amines is 1. The van der Waals surface area contributed by atoms with Crippen molar-refractivity contribution in [3.05, 3.63) is 39.7 Å². The molecule has 0 saturated carbocycles. The van der Waals surface area contributed by atoms with Crippen LogP contribution in [0, 0.1) is 6.92 Å². The first kappa shape index (κ1) is 17.6. The van der Waals surface area contributed by atoms with E-state index in [0.29, 0.717) is 19.2 Å². The van der Waals surface area contributed by atoms with Crippen molar-refractivity contribution >= 4 is 11.8 Å². The van der Waals surface area contributed by atoms with Crippen molar-refractivity contribution in [3.8, 4) is 0 Å². The van der Waals surface area contributed by atoms with Crippen molar-refractivity contribution in [2.75, 3.05) is 49.2 Å². The molecule has 4 heterocycles. The largest absolute Gasteiger partial charge is 0.378 e. The Bertz CT molecular complexity index is 929. The van der Waals surface area contributed by atoms with Crippen LogP contribution in [0.15, 0.2) is 17.2 Å². The third-order valence-electron chi connectivity index (χ3n) is 6.50. The molecule has 1 N–H and O–H groups in total. The molecule has 0 amide bonds. The minimum Gasteiger partial charge on any atom is -0.378 e. The summed E-state index contributed by atoms with van der Waals surface area (Å²) in [6.07, 6.45) is 5.48. The van der Waals surface area contributed by atoms with Crippen LogP contribution in [-0.4, -0.2) is 59.3 Å². The fourth-order valence-electron chi connectivity index (χ4n) is 4.83. The first-order valence-electron chi connectivity index (χ1n) is 10.1. The van der Waals surface area contributed by atoms with Crippen LogP contribution in [0.5, 0.6) is 0 Å². The lowest BCUT2D eigenvalue weighted by molar-refractivity contribution is 0.122. The van der Waals surface area contributed by atoms with Gasteiger partial charge in [-0.25, -0.2) is 15.0 Å². The summed E-state index contributed by atoms with van der Waals surface area (Å²) in [5.74, 6) is 1.70. The van der Waals surface area contributed by atoms with E-state index in [2.05, 4.69) is 24.8 Å². The van der Waals surface area contributed by atoms with Crippen LogP contribution >= 0.6 is 0 Å². The monoisotopic (exact) mass is 382 g/mol. The molecule has 2 aliphatic heterocycles. The number of fused-ring (bicyclic) bond motifs is 2. The molecule has 2 fully saturated rings. The molecule has 0 atom stereocenters. The highest BCUT2D eigenvalue weighted by molar-refractivity contribution is 5.44. The second kappa shape index (κ2) is 6.84. The number of hydrogen-bond donors (Lipinski definition) is 1. The number of anilines is 2. The van der Waals surface area contributed by atoms with E-state index >= 15 is 0 Å². The molecule has 28 heavy (non-hydrogen) atoms. The van der Waals surface area contributed by atoms with Gasteiger partial charge < -0.3 is 14.5 Å². The Morgan fingerprint density at radius 3 is 2.61 bits per heavy atom. The van der Waals surface area contributed by atoms with Gasteiger partial charge in [0.15, 0.2) is 0 Å². The summed E-state index contributed by atoms with van der Waals surface area (Å²) in [5.41, 5.74) is 2.97. The zero-order chi connectivity index (χ0) is 19.1. The van der Waals surface area contributed by atoms with Gasteiger partial charge in [-0.15, -0.1) is 0 Å². The Balaban J connectivity index is 1.41. The van der Waals surface area contributed by atoms with Gasteiger partial charge in [-0.2, -0.15) is 0 Å². The van der Waals surface area contributed by atoms with E-state index in [9.17, 15) is 4.79 Å². The Hall–Kier alpha value is -2.48. The molecule has 1 spiro atoms. The van der Waals surface area contributed by atoms with Gasteiger partial charge in [0.2, 0.25) is 5.95 Å². The van der Waals surface area contributed by atoms with E-state index in [1.54, 1.807) is 6.33 Å². The van der Waals surface area contributed by atoms with Gasteiger partial charge in [0.1, 0.15) is 12.1 Å². The van der Waals surface area contributed by atoms with E-state index in [0.717, 1.165) is 74.6 Å². The van der Waals surface area contributed by atoms with Crippen LogP contribution in [0.2, 0.25) is 0 Å². The molecule has 0 unspecified atom stereocenters. The van der Waals surface area contributed by atoms with Crippen LogP contribution in [0.4, 0.5) is 11.8 Å². The van der Waals surface area contributed by atoms with Crippen LogP contribution in [0.1, 0.15) is 36.2 Å². The Kier molecular flexibility index (Phi) is 4.30. The number of hydrogen-bond acceptors (Lipinski definition) is 7. The van der Waals surface area contributed by atoms with Gasteiger partial charge in [-0.3, -0.25) is 9.78 Å². The summed E-state index contributed by atoms with van der Waals surface area (Å²) in [6.45, 7) is 6.76. The number of rotatable bonds is 2. The van der Waals surface area contributed by atoms with Gasteiger partial charge in [0.25, 0.3) is 5.56 Å². The molecule has 5 rings (SSSR count). The topological polar surface area (TPSA) is 87.2 Å². The van der Waals surface area contributed by atoms with E-state index < -0.39 is 0 Å². The molecule has 0 bridgehead atoms. The SMILES string of the molecule is Cc1cc(N2CCC3(CCc4c3nc(N3CCOCC3)[nH]c4=O)CC2)ncn1. The smallest absolute Gasteiger partial charge is 0.255 e. The number of H-pyrrole nitrogens is 1. The maximum Gasteiger partial charge on any atom is 0.255 e. The first-order chi connectivity index (χ1) is 13.6. The van der Waals surface area contributed by atoms with Crippen LogP contribution in [0.25, 0.3) is 0 Å². The number of nitrogens with one attached hydrogen (secondary N) is 1. The number of aromatic nitrogens is 4. The summed E-state index contributed by atoms with van der Waals surface area (Å²) in [6, 6.07) is 2.04. The van der Waals surface area contributed by atoms with Crippen LogP contribution in [0.3, 0.4) is 0 Å². The number of aryl methyl sites for hydroxylation is 1. The summed E-state index contributed by atoms with van der Waals surface area (Å²) >= 11 is 0. The van der Waals surface area contributed by atoms with Crippen molar-refractivity contribution in [3.63, 3.8) is 0 Å².